The molecule has 0 aliphatic carbocycles. The summed E-state index contributed by atoms with van der Waals surface area (Å²) in [6.07, 6.45) is 3.61. The average molecular weight is 271 g/mol. The molecule has 1 saturated heterocycles. The minimum Gasteiger partial charge on any atom is -0.480 e. The molecule has 1 aromatic heterocycles. The number of aldehydes is 1. The largest absolute Gasteiger partial charge is 0.480 e. The Morgan fingerprint density at radius 1 is 1.40 bits per heavy atom. The van der Waals surface area contributed by atoms with Gasteiger partial charge in [0.2, 0.25) is 0 Å². The number of hydrogen-bond donors (Lipinski definition) is 1. The fraction of sp³-hybridized carbons (Fsp3) is 0.286. The first-order valence-electron chi connectivity index (χ1n) is 6.40. The number of nitrogens with zero attached hydrogens (tertiary/aromatic N) is 3. The second-order valence-electron chi connectivity index (χ2n) is 4.78. The summed E-state index contributed by atoms with van der Waals surface area (Å²) in [5.41, 5.74) is 1.23. The van der Waals surface area contributed by atoms with Crippen molar-refractivity contribution in [2.45, 2.75) is 18.9 Å². The monoisotopic (exact) mass is 271 g/mol. The van der Waals surface area contributed by atoms with E-state index >= 15 is 0 Å². The lowest BCUT2D eigenvalue weighted by atomic mass is 10.1. The molecule has 0 saturated carbocycles. The Balaban J connectivity index is 2.15. The van der Waals surface area contributed by atoms with E-state index in [1.165, 1.54) is 6.33 Å². The number of carbonyl (C=O) groups is 2. The topological polar surface area (TPSA) is 83.4 Å². The predicted octanol–water partition coefficient (Wildman–Crippen LogP) is 1.50. The number of fused-ring (bicyclic) bond motifs is 1. The highest BCUT2D eigenvalue weighted by molar-refractivity contribution is 5.95. The van der Waals surface area contributed by atoms with E-state index in [-0.39, 0.29) is 0 Å². The van der Waals surface area contributed by atoms with Gasteiger partial charge in [-0.3, -0.25) is 4.79 Å². The number of rotatable bonds is 3. The maximum absolute atomic E-state index is 11.3. The molecule has 6 nitrogen and oxygen atoms in total. The minimum absolute atomic E-state index is 0.527. The van der Waals surface area contributed by atoms with Crippen molar-refractivity contribution in [3.63, 3.8) is 0 Å². The summed E-state index contributed by atoms with van der Waals surface area (Å²) in [6.45, 7) is 0.647. The van der Waals surface area contributed by atoms with E-state index in [4.69, 9.17) is 0 Å². The molecule has 1 fully saturated rings. The second kappa shape index (κ2) is 4.88. The van der Waals surface area contributed by atoms with Gasteiger partial charge in [0.15, 0.2) is 0 Å². The van der Waals surface area contributed by atoms with E-state index in [1.54, 1.807) is 23.1 Å². The van der Waals surface area contributed by atoms with Crippen molar-refractivity contribution in [1.29, 1.82) is 0 Å². The lowest BCUT2D eigenvalue weighted by Gasteiger charge is -2.23. The Bertz CT molecular complexity index is 686. The fourth-order valence-electron chi connectivity index (χ4n) is 2.64. The second-order valence-corrected chi connectivity index (χ2v) is 4.78. The van der Waals surface area contributed by atoms with Crippen LogP contribution in [-0.2, 0) is 4.79 Å². The number of carbonyl (C=O) groups excluding carboxylic acids is 1. The normalized spacial score (nSPS) is 18.4. The third-order valence-corrected chi connectivity index (χ3v) is 3.58. The van der Waals surface area contributed by atoms with E-state index in [0.717, 1.165) is 12.7 Å². The first-order valence-corrected chi connectivity index (χ1v) is 6.40. The number of hydrogen-bond acceptors (Lipinski definition) is 5. The molecule has 0 bridgehead atoms. The molecular formula is C14H13N3O3. The summed E-state index contributed by atoms with van der Waals surface area (Å²) >= 11 is 0. The number of carboxylic acid groups (broad SMARTS) is 1. The van der Waals surface area contributed by atoms with Crippen LogP contribution < -0.4 is 4.90 Å². The first-order chi connectivity index (χ1) is 9.70. The van der Waals surface area contributed by atoms with Crippen molar-refractivity contribution in [2.75, 3.05) is 11.4 Å². The predicted molar refractivity (Wildman–Crippen MR) is 72.9 cm³/mol. The quantitative estimate of drug-likeness (QED) is 0.852. The minimum atomic E-state index is -0.846. The Hall–Kier alpha value is -2.50. The van der Waals surface area contributed by atoms with Crippen molar-refractivity contribution in [3.8, 4) is 0 Å². The van der Waals surface area contributed by atoms with Gasteiger partial charge in [-0.2, -0.15) is 0 Å². The van der Waals surface area contributed by atoms with Crippen molar-refractivity contribution in [2.24, 2.45) is 0 Å². The van der Waals surface area contributed by atoms with E-state index in [0.29, 0.717) is 35.2 Å². The van der Waals surface area contributed by atoms with Crippen molar-refractivity contribution in [1.82, 2.24) is 9.97 Å². The van der Waals surface area contributed by atoms with Crippen LogP contribution in [0.1, 0.15) is 23.2 Å². The third kappa shape index (κ3) is 1.99. The zero-order valence-electron chi connectivity index (χ0n) is 10.7. The van der Waals surface area contributed by atoms with E-state index < -0.39 is 12.0 Å². The summed E-state index contributed by atoms with van der Waals surface area (Å²) in [7, 11) is 0. The van der Waals surface area contributed by atoms with Gasteiger partial charge >= 0.3 is 5.97 Å². The van der Waals surface area contributed by atoms with Gasteiger partial charge in [0.05, 0.1) is 5.52 Å². The SMILES string of the molecule is O=Cc1ccc2ncnc(N3CCCC3C(=O)O)c2c1. The van der Waals surface area contributed by atoms with E-state index in [1.807, 2.05) is 0 Å². The summed E-state index contributed by atoms with van der Waals surface area (Å²) in [5, 5.41) is 9.99. The van der Waals surface area contributed by atoms with Crippen molar-refractivity contribution < 1.29 is 14.7 Å². The molecule has 1 N–H and O–H groups in total. The Kier molecular flexibility index (Phi) is 3.06. The van der Waals surface area contributed by atoms with Crippen LogP contribution >= 0.6 is 0 Å². The number of carboxylic acids is 1. The molecule has 1 unspecified atom stereocenters. The van der Waals surface area contributed by atoms with Crippen LogP contribution in [0, 0.1) is 0 Å². The van der Waals surface area contributed by atoms with E-state index in [2.05, 4.69) is 9.97 Å². The van der Waals surface area contributed by atoms with Crippen molar-refractivity contribution >= 4 is 29.0 Å². The Morgan fingerprint density at radius 3 is 3.00 bits per heavy atom. The van der Waals surface area contributed by atoms with Gasteiger partial charge in [-0.05, 0) is 31.0 Å². The highest BCUT2D eigenvalue weighted by Gasteiger charge is 2.32. The number of anilines is 1. The maximum atomic E-state index is 11.3. The van der Waals surface area contributed by atoms with Gasteiger partial charge in [-0.25, -0.2) is 14.8 Å². The summed E-state index contributed by atoms with van der Waals surface area (Å²) in [4.78, 5) is 32.4. The van der Waals surface area contributed by atoms with Gasteiger partial charge in [0.25, 0.3) is 0 Å². The fourth-order valence-corrected chi connectivity index (χ4v) is 2.64. The van der Waals surface area contributed by atoms with Crippen molar-refractivity contribution in [3.05, 3.63) is 30.1 Å². The van der Waals surface area contributed by atoms with Crippen LogP contribution in [0.5, 0.6) is 0 Å². The van der Waals surface area contributed by atoms with Gasteiger partial charge in [-0.1, -0.05) is 0 Å². The lowest BCUT2D eigenvalue weighted by Crippen LogP contribution is -2.36. The lowest BCUT2D eigenvalue weighted by molar-refractivity contribution is -0.138. The molecule has 1 aromatic carbocycles. The molecule has 3 rings (SSSR count). The standard InChI is InChI=1S/C14H13N3O3/c18-7-9-3-4-11-10(6-9)13(16-8-15-11)17-5-1-2-12(17)14(19)20/h3-4,6-8,12H,1-2,5H2,(H,19,20). The molecule has 20 heavy (non-hydrogen) atoms. The Morgan fingerprint density at radius 2 is 2.25 bits per heavy atom. The molecule has 6 heteroatoms. The van der Waals surface area contributed by atoms with E-state index in [9.17, 15) is 14.7 Å². The maximum Gasteiger partial charge on any atom is 0.326 e. The highest BCUT2D eigenvalue weighted by Crippen LogP contribution is 2.29. The zero-order chi connectivity index (χ0) is 14.1. The molecule has 1 atom stereocenters. The number of benzene rings is 1. The summed E-state index contributed by atoms with van der Waals surface area (Å²) in [5.74, 6) is -0.260. The van der Waals surface area contributed by atoms with Gasteiger partial charge in [0, 0.05) is 17.5 Å². The van der Waals surface area contributed by atoms with Crippen LogP contribution in [0.3, 0.4) is 0 Å². The van der Waals surface area contributed by atoms with Crippen LogP contribution in [0.2, 0.25) is 0 Å². The summed E-state index contributed by atoms with van der Waals surface area (Å²) < 4.78 is 0. The number of aromatic nitrogens is 2. The molecule has 1 aliphatic heterocycles. The van der Waals surface area contributed by atoms with Crippen LogP contribution in [0.15, 0.2) is 24.5 Å². The van der Waals surface area contributed by atoms with Crippen LogP contribution in [0.25, 0.3) is 10.9 Å². The zero-order valence-corrected chi connectivity index (χ0v) is 10.7. The molecule has 0 radical (unpaired) electrons. The Labute approximate surface area is 115 Å². The van der Waals surface area contributed by atoms with Crippen LogP contribution in [0.4, 0.5) is 5.82 Å². The molecule has 2 heterocycles. The first kappa shape index (κ1) is 12.5. The molecule has 2 aromatic rings. The highest BCUT2D eigenvalue weighted by atomic mass is 16.4. The van der Waals surface area contributed by atoms with Gasteiger partial charge < -0.3 is 10.0 Å². The van der Waals surface area contributed by atoms with Gasteiger partial charge in [0.1, 0.15) is 24.5 Å². The third-order valence-electron chi connectivity index (χ3n) is 3.58. The summed E-state index contributed by atoms with van der Waals surface area (Å²) in [6, 6.07) is 4.57. The molecule has 0 amide bonds. The molecule has 102 valence electrons. The van der Waals surface area contributed by atoms with Crippen LogP contribution in [-0.4, -0.2) is 39.9 Å². The average Bonchev–Trinajstić information content (AvgIpc) is 2.95. The molecule has 1 aliphatic rings. The number of aliphatic carboxylic acids is 1. The smallest absolute Gasteiger partial charge is 0.326 e. The van der Waals surface area contributed by atoms with Gasteiger partial charge in [-0.15, -0.1) is 0 Å². The molecular weight excluding hydrogens is 258 g/mol. The molecule has 0 spiro atoms.